The highest BCUT2D eigenvalue weighted by atomic mass is 19.1. The van der Waals surface area contributed by atoms with Gasteiger partial charge in [-0.3, -0.25) is 4.90 Å². The fraction of sp³-hybridized carbons (Fsp3) is 0.500. The second kappa shape index (κ2) is 4.70. The van der Waals surface area contributed by atoms with Crippen LogP contribution < -0.4 is 11.1 Å². The molecule has 1 saturated heterocycles. The Balaban J connectivity index is 1.84. The van der Waals surface area contributed by atoms with E-state index in [9.17, 15) is 4.39 Å². The Kier molecular flexibility index (Phi) is 3.29. The Morgan fingerprint density at radius 2 is 2.25 bits per heavy atom. The third-order valence-electron chi connectivity index (χ3n) is 3.00. The number of hydrogen-bond donors (Lipinski definition) is 2. The summed E-state index contributed by atoms with van der Waals surface area (Å²) in [7, 11) is 0. The minimum Gasteiger partial charge on any atom is -0.399 e. The highest BCUT2D eigenvalue weighted by Crippen LogP contribution is 2.19. The van der Waals surface area contributed by atoms with Gasteiger partial charge in [-0.25, -0.2) is 4.39 Å². The monoisotopic (exact) mass is 223 g/mol. The summed E-state index contributed by atoms with van der Waals surface area (Å²) in [5.41, 5.74) is 8.75. The number of likely N-dealkylation sites (tertiary alicyclic amines) is 1. The van der Waals surface area contributed by atoms with Crippen molar-refractivity contribution in [2.75, 3.05) is 37.4 Å². The molecular formula is C12H18FN3. The van der Waals surface area contributed by atoms with Crippen molar-refractivity contribution in [3.63, 3.8) is 0 Å². The molecule has 0 saturated carbocycles. The van der Waals surface area contributed by atoms with Crippen LogP contribution in [-0.4, -0.2) is 37.3 Å². The zero-order chi connectivity index (χ0) is 11.5. The molecule has 1 heterocycles. The molecule has 0 bridgehead atoms. The van der Waals surface area contributed by atoms with Gasteiger partial charge in [0.25, 0.3) is 0 Å². The van der Waals surface area contributed by atoms with Crippen molar-refractivity contribution in [2.45, 2.75) is 13.0 Å². The number of benzene rings is 1. The average Bonchev–Trinajstić information content (AvgIpc) is 2.20. The van der Waals surface area contributed by atoms with Crippen LogP contribution in [0.5, 0.6) is 0 Å². The Morgan fingerprint density at radius 1 is 1.50 bits per heavy atom. The van der Waals surface area contributed by atoms with Gasteiger partial charge in [0.2, 0.25) is 0 Å². The summed E-state index contributed by atoms with van der Waals surface area (Å²) in [6.45, 7) is 4.14. The van der Waals surface area contributed by atoms with E-state index >= 15 is 0 Å². The first-order valence-electron chi connectivity index (χ1n) is 5.60. The van der Waals surface area contributed by atoms with Crippen LogP contribution >= 0.6 is 0 Å². The van der Waals surface area contributed by atoms with Crippen molar-refractivity contribution in [1.29, 1.82) is 0 Å². The average molecular weight is 223 g/mol. The van der Waals surface area contributed by atoms with E-state index in [2.05, 4.69) is 10.2 Å². The lowest BCUT2D eigenvalue weighted by Gasteiger charge is -2.39. The molecule has 4 heteroatoms. The summed E-state index contributed by atoms with van der Waals surface area (Å²) in [6.07, 6.45) is 0. The highest BCUT2D eigenvalue weighted by Gasteiger charge is 2.25. The first kappa shape index (κ1) is 11.2. The van der Waals surface area contributed by atoms with Gasteiger partial charge in [0.15, 0.2) is 0 Å². The number of nitrogens with two attached hydrogens (primary N) is 1. The first-order valence-corrected chi connectivity index (χ1v) is 5.60. The lowest BCUT2D eigenvalue weighted by atomic mass is 10.1. The molecule has 1 fully saturated rings. The smallest absolute Gasteiger partial charge is 0.102 e. The van der Waals surface area contributed by atoms with Gasteiger partial charge in [0.1, 0.15) is 6.67 Å². The molecule has 1 aliphatic heterocycles. The van der Waals surface area contributed by atoms with Crippen LogP contribution in [0, 0.1) is 6.92 Å². The predicted octanol–water partition coefficient (Wildman–Crippen LogP) is 1.64. The van der Waals surface area contributed by atoms with E-state index in [1.165, 1.54) is 0 Å². The van der Waals surface area contributed by atoms with E-state index < -0.39 is 0 Å². The molecule has 1 aromatic rings. The van der Waals surface area contributed by atoms with Crippen LogP contribution in [0.1, 0.15) is 5.56 Å². The van der Waals surface area contributed by atoms with E-state index in [0.717, 1.165) is 30.0 Å². The predicted molar refractivity (Wildman–Crippen MR) is 65.4 cm³/mol. The number of rotatable bonds is 4. The maximum Gasteiger partial charge on any atom is 0.102 e. The number of alkyl halides is 1. The topological polar surface area (TPSA) is 41.3 Å². The molecule has 0 unspecified atom stereocenters. The van der Waals surface area contributed by atoms with Crippen LogP contribution in [0.25, 0.3) is 0 Å². The Bertz CT molecular complexity index is 361. The molecule has 3 nitrogen and oxygen atoms in total. The first-order chi connectivity index (χ1) is 7.69. The van der Waals surface area contributed by atoms with Crippen LogP contribution in [-0.2, 0) is 0 Å². The van der Waals surface area contributed by atoms with Crippen LogP contribution in [0.2, 0.25) is 0 Å². The van der Waals surface area contributed by atoms with Gasteiger partial charge in [-0.1, -0.05) is 0 Å². The van der Waals surface area contributed by atoms with Gasteiger partial charge < -0.3 is 11.1 Å². The van der Waals surface area contributed by atoms with Crippen molar-refractivity contribution >= 4 is 11.4 Å². The third-order valence-corrected chi connectivity index (χ3v) is 3.00. The molecule has 0 radical (unpaired) electrons. The second-order valence-corrected chi connectivity index (χ2v) is 4.36. The summed E-state index contributed by atoms with van der Waals surface area (Å²) in [5.74, 6) is 0. The van der Waals surface area contributed by atoms with E-state index in [4.69, 9.17) is 5.73 Å². The normalized spacial score (nSPS) is 17.1. The molecule has 1 aromatic carbocycles. The van der Waals surface area contributed by atoms with Crippen molar-refractivity contribution in [1.82, 2.24) is 4.90 Å². The molecule has 16 heavy (non-hydrogen) atoms. The highest BCUT2D eigenvalue weighted by molar-refractivity contribution is 5.57. The number of nitrogen functional groups attached to an aromatic ring is 1. The number of nitrogens with one attached hydrogen (secondary N) is 1. The summed E-state index contributed by atoms with van der Waals surface area (Å²) < 4.78 is 12.0. The van der Waals surface area contributed by atoms with Crippen LogP contribution in [0.15, 0.2) is 18.2 Å². The molecule has 0 aromatic heterocycles. The summed E-state index contributed by atoms with van der Waals surface area (Å²) in [5, 5.41) is 3.42. The molecule has 0 spiro atoms. The van der Waals surface area contributed by atoms with E-state index in [0.29, 0.717) is 12.6 Å². The van der Waals surface area contributed by atoms with Gasteiger partial charge in [-0.15, -0.1) is 0 Å². The van der Waals surface area contributed by atoms with Gasteiger partial charge in [-0.2, -0.15) is 0 Å². The minimum atomic E-state index is -0.256. The Morgan fingerprint density at radius 3 is 2.88 bits per heavy atom. The second-order valence-electron chi connectivity index (χ2n) is 4.36. The number of aryl methyl sites for hydroxylation is 1. The molecule has 2 rings (SSSR count). The van der Waals surface area contributed by atoms with Gasteiger partial charge >= 0.3 is 0 Å². The lowest BCUT2D eigenvalue weighted by molar-refractivity contribution is 0.150. The van der Waals surface area contributed by atoms with Crippen molar-refractivity contribution in [3.8, 4) is 0 Å². The fourth-order valence-corrected chi connectivity index (χ4v) is 1.96. The van der Waals surface area contributed by atoms with E-state index in [-0.39, 0.29) is 6.67 Å². The van der Waals surface area contributed by atoms with E-state index in [1.54, 1.807) is 0 Å². The Labute approximate surface area is 95.4 Å². The van der Waals surface area contributed by atoms with Crippen molar-refractivity contribution in [3.05, 3.63) is 23.8 Å². The quantitative estimate of drug-likeness (QED) is 0.762. The molecule has 0 atom stereocenters. The maximum absolute atomic E-state index is 12.0. The molecule has 1 aliphatic rings. The summed E-state index contributed by atoms with van der Waals surface area (Å²) in [6, 6.07) is 6.39. The fourth-order valence-electron chi connectivity index (χ4n) is 1.96. The van der Waals surface area contributed by atoms with Gasteiger partial charge in [-0.05, 0) is 30.7 Å². The lowest BCUT2D eigenvalue weighted by Crippen LogP contribution is -2.55. The SMILES string of the molecule is Cc1cc(NC2CN(CCF)C2)ccc1N. The molecule has 3 N–H and O–H groups in total. The molecule has 0 amide bonds. The van der Waals surface area contributed by atoms with Crippen molar-refractivity contribution in [2.24, 2.45) is 0 Å². The maximum atomic E-state index is 12.0. The van der Waals surface area contributed by atoms with Gasteiger partial charge in [0, 0.05) is 31.0 Å². The third kappa shape index (κ3) is 2.44. The number of halogens is 1. The summed E-state index contributed by atoms with van der Waals surface area (Å²) in [4.78, 5) is 2.10. The zero-order valence-electron chi connectivity index (χ0n) is 9.54. The standard InChI is InChI=1S/C12H18FN3/c1-9-6-10(2-3-12(9)14)15-11-7-16(8-11)5-4-13/h2-3,6,11,15H,4-5,7-8,14H2,1H3. The van der Waals surface area contributed by atoms with Gasteiger partial charge in [0.05, 0.1) is 6.04 Å². The minimum absolute atomic E-state index is 0.256. The molecular weight excluding hydrogens is 205 g/mol. The number of hydrogen-bond acceptors (Lipinski definition) is 3. The zero-order valence-corrected chi connectivity index (χ0v) is 9.54. The van der Waals surface area contributed by atoms with Crippen LogP contribution in [0.4, 0.5) is 15.8 Å². The van der Waals surface area contributed by atoms with E-state index in [1.807, 2.05) is 25.1 Å². The number of anilines is 2. The molecule has 0 aliphatic carbocycles. The molecule has 88 valence electrons. The van der Waals surface area contributed by atoms with Crippen LogP contribution in [0.3, 0.4) is 0 Å². The number of nitrogens with zero attached hydrogens (tertiary/aromatic N) is 1. The van der Waals surface area contributed by atoms with Crippen molar-refractivity contribution < 1.29 is 4.39 Å². The summed E-state index contributed by atoms with van der Waals surface area (Å²) >= 11 is 0. The Hall–Kier alpha value is -1.29. The largest absolute Gasteiger partial charge is 0.399 e.